The number of nitriles is 1. The smallest absolute Gasteiger partial charge is 0.272 e. The number of rotatable bonds is 3. The second kappa shape index (κ2) is 7.56. The summed E-state index contributed by atoms with van der Waals surface area (Å²) in [5.74, 6) is -1.31. The lowest BCUT2D eigenvalue weighted by atomic mass is 10.0. The van der Waals surface area contributed by atoms with E-state index < -0.39 is 28.8 Å². The summed E-state index contributed by atoms with van der Waals surface area (Å²) in [6.45, 7) is 1.67. The second-order valence-corrected chi connectivity index (χ2v) is 7.66. The molecule has 2 aromatic heterocycles. The number of pyridine rings is 1. The number of aliphatic hydroxyl groups excluding tert-OH is 1. The molecule has 4 N–H and O–H groups in total. The Morgan fingerprint density at radius 2 is 2.37 bits per heavy atom. The molecule has 3 rings (SSSR count). The molecule has 3 heterocycles. The number of aliphatic hydroxyl groups is 1. The van der Waals surface area contributed by atoms with Gasteiger partial charge in [0, 0.05) is 31.0 Å². The van der Waals surface area contributed by atoms with Crippen molar-refractivity contribution < 1.29 is 14.3 Å². The fourth-order valence-electron chi connectivity index (χ4n) is 3.09. The number of hydrogen-bond acceptors (Lipinski definition) is 5. The maximum Gasteiger partial charge on any atom is 0.272 e. The molecule has 2 aromatic rings. The van der Waals surface area contributed by atoms with E-state index in [2.05, 4.69) is 15.0 Å². The predicted molar refractivity (Wildman–Crippen MR) is 97.6 cm³/mol. The number of anilines is 1. The first-order valence-corrected chi connectivity index (χ1v) is 9.49. The summed E-state index contributed by atoms with van der Waals surface area (Å²) in [6, 6.07) is 3.85. The van der Waals surface area contributed by atoms with Gasteiger partial charge in [0.25, 0.3) is 5.91 Å². The van der Waals surface area contributed by atoms with Gasteiger partial charge in [-0.25, -0.2) is 9.71 Å². The topological polar surface area (TPSA) is 127 Å². The average molecular weight is 390 g/mol. The molecule has 142 valence electrons. The zero-order valence-corrected chi connectivity index (χ0v) is 15.6. The zero-order valence-electron chi connectivity index (χ0n) is 14.8. The van der Waals surface area contributed by atoms with Crippen LogP contribution in [0, 0.1) is 22.1 Å². The molecular weight excluding hydrogens is 371 g/mol. The van der Waals surface area contributed by atoms with Crippen LogP contribution in [0.25, 0.3) is 0 Å². The van der Waals surface area contributed by atoms with Crippen molar-refractivity contribution in [3.8, 4) is 6.07 Å². The van der Waals surface area contributed by atoms with Crippen LogP contribution in [-0.2, 0) is 24.3 Å². The van der Waals surface area contributed by atoms with Crippen molar-refractivity contribution in [2.45, 2.75) is 36.8 Å². The van der Waals surface area contributed by atoms with E-state index >= 15 is 0 Å². The maximum absolute atomic E-state index is 13.5. The molecule has 1 aliphatic heterocycles. The monoisotopic (exact) mass is 390 g/mol. The van der Waals surface area contributed by atoms with Gasteiger partial charge in [0.15, 0.2) is 0 Å². The Hall–Kier alpha value is -2.61. The van der Waals surface area contributed by atoms with Gasteiger partial charge in [-0.05, 0) is 42.3 Å². The number of fused-ring (bicyclic) bond motifs is 1. The average Bonchev–Trinajstić information content (AvgIpc) is 2.85. The van der Waals surface area contributed by atoms with E-state index in [0.717, 1.165) is 11.6 Å². The summed E-state index contributed by atoms with van der Waals surface area (Å²) >= 11 is 0. The minimum absolute atomic E-state index is 0.132. The number of carbonyl (C=O) groups excluding carboxylic acids is 1. The molecular formula is C17H19FN6O2S. The SMILES string of the molecule is CC(O)C1CCc2c(cn(C)c2C(=O)Nc2cc(F)nc(C#N)c2)S(=N)N1. The molecule has 3 atom stereocenters. The number of hydrogen-bond donors (Lipinski definition) is 4. The number of nitrogens with one attached hydrogen (secondary N) is 3. The van der Waals surface area contributed by atoms with Crippen LogP contribution in [0.4, 0.5) is 10.1 Å². The van der Waals surface area contributed by atoms with E-state index in [-0.39, 0.29) is 17.4 Å². The van der Waals surface area contributed by atoms with Gasteiger partial charge in [-0.1, -0.05) is 0 Å². The van der Waals surface area contributed by atoms with E-state index in [1.54, 1.807) is 30.8 Å². The fourth-order valence-corrected chi connectivity index (χ4v) is 4.55. The lowest BCUT2D eigenvalue weighted by Gasteiger charge is -2.19. The third-order valence-electron chi connectivity index (χ3n) is 4.41. The third kappa shape index (κ3) is 3.90. The number of nitrogens with zero attached hydrogens (tertiary/aromatic N) is 3. The second-order valence-electron chi connectivity index (χ2n) is 6.37. The predicted octanol–water partition coefficient (Wildman–Crippen LogP) is 1.62. The van der Waals surface area contributed by atoms with Gasteiger partial charge in [-0.15, -0.1) is 0 Å². The molecule has 3 unspecified atom stereocenters. The largest absolute Gasteiger partial charge is 0.392 e. The van der Waals surface area contributed by atoms with Crippen molar-refractivity contribution in [3.63, 3.8) is 0 Å². The van der Waals surface area contributed by atoms with Crippen LogP contribution in [0.5, 0.6) is 0 Å². The van der Waals surface area contributed by atoms with Crippen LogP contribution in [-0.4, -0.2) is 32.7 Å². The van der Waals surface area contributed by atoms with Crippen molar-refractivity contribution in [3.05, 3.63) is 41.2 Å². The first kappa shape index (κ1) is 19.2. The van der Waals surface area contributed by atoms with Crippen LogP contribution in [0.2, 0.25) is 0 Å². The highest BCUT2D eigenvalue weighted by Gasteiger charge is 2.28. The zero-order chi connectivity index (χ0) is 19.7. The third-order valence-corrected chi connectivity index (χ3v) is 5.74. The van der Waals surface area contributed by atoms with Crippen molar-refractivity contribution in [1.82, 2.24) is 14.3 Å². The van der Waals surface area contributed by atoms with Crippen molar-refractivity contribution in [2.75, 3.05) is 5.32 Å². The Bertz CT molecular complexity index is 965. The molecule has 1 amide bonds. The van der Waals surface area contributed by atoms with E-state index in [0.29, 0.717) is 23.4 Å². The van der Waals surface area contributed by atoms with Gasteiger partial charge in [-0.2, -0.15) is 9.65 Å². The van der Waals surface area contributed by atoms with Gasteiger partial charge in [0.2, 0.25) is 5.95 Å². The minimum Gasteiger partial charge on any atom is -0.392 e. The highest BCUT2D eigenvalue weighted by Crippen LogP contribution is 2.27. The molecule has 0 radical (unpaired) electrons. The van der Waals surface area contributed by atoms with Crippen molar-refractivity contribution >= 4 is 22.5 Å². The summed E-state index contributed by atoms with van der Waals surface area (Å²) < 4.78 is 26.6. The number of carbonyl (C=O) groups is 1. The standard InChI is InChI=1S/C17H19FN6O2S/c1-9(25)13-4-3-12-14(27(20)23-13)8-24(2)16(12)17(26)22-10-5-11(7-19)21-15(18)6-10/h5-6,8-9,13,25H,3-4H2,1-2H3,(H2,20,23)(H,21,22,26). The first-order valence-electron chi connectivity index (χ1n) is 8.27. The summed E-state index contributed by atoms with van der Waals surface area (Å²) in [4.78, 5) is 16.9. The van der Waals surface area contributed by atoms with Gasteiger partial charge >= 0.3 is 0 Å². The van der Waals surface area contributed by atoms with Crippen LogP contribution in [0.1, 0.15) is 35.1 Å². The van der Waals surface area contributed by atoms with Crippen LogP contribution in [0.15, 0.2) is 23.2 Å². The molecule has 27 heavy (non-hydrogen) atoms. The lowest BCUT2D eigenvalue weighted by molar-refractivity contribution is 0.101. The highest BCUT2D eigenvalue weighted by molar-refractivity contribution is 7.84. The summed E-state index contributed by atoms with van der Waals surface area (Å²) in [5, 5.41) is 21.3. The maximum atomic E-state index is 13.5. The minimum atomic E-state index is -1.07. The summed E-state index contributed by atoms with van der Waals surface area (Å²) in [5.41, 5.74) is 1.11. The van der Waals surface area contributed by atoms with E-state index in [4.69, 9.17) is 10.0 Å². The molecule has 0 spiro atoms. The van der Waals surface area contributed by atoms with E-state index in [9.17, 15) is 14.3 Å². The number of aryl methyl sites for hydroxylation is 1. The van der Waals surface area contributed by atoms with Gasteiger partial charge in [0.05, 0.1) is 11.0 Å². The molecule has 0 fully saturated rings. The summed E-state index contributed by atoms with van der Waals surface area (Å²) in [6.07, 6.45) is 2.23. The number of amides is 1. The molecule has 0 saturated heterocycles. The number of aromatic nitrogens is 2. The molecule has 10 heteroatoms. The van der Waals surface area contributed by atoms with Gasteiger partial charge in [-0.3, -0.25) is 9.57 Å². The fraction of sp³-hybridized carbons (Fsp3) is 0.353. The normalized spacial score (nSPS) is 20.3. The van der Waals surface area contributed by atoms with E-state index in [1.165, 1.54) is 6.07 Å². The molecule has 0 saturated carbocycles. The van der Waals surface area contributed by atoms with Gasteiger partial charge < -0.3 is 15.0 Å². The summed E-state index contributed by atoms with van der Waals surface area (Å²) in [7, 11) is 0.641. The van der Waals surface area contributed by atoms with Gasteiger partial charge in [0.1, 0.15) is 17.5 Å². The van der Waals surface area contributed by atoms with Crippen molar-refractivity contribution in [1.29, 1.82) is 10.0 Å². The molecule has 8 nitrogen and oxygen atoms in total. The Morgan fingerprint density at radius 3 is 3.04 bits per heavy atom. The quantitative estimate of drug-likeness (QED) is 0.593. The molecule has 0 bridgehead atoms. The van der Waals surface area contributed by atoms with Crippen LogP contribution in [0.3, 0.4) is 0 Å². The Morgan fingerprint density at radius 1 is 1.63 bits per heavy atom. The Labute approximate surface area is 158 Å². The number of halogens is 1. The van der Waals surface area contributed by atoms with E-state index in [1.807, 2.05) is 0 Å². The highest BCUT2D eigenvalue weighted by atomic mass is 32.2. The molecule has 0 aromatic carbocycles. The van der Waals surface area contributed by atoms with Crippen LogP contribution >= 0.6 is 0 Å². The molecule has 0 aliphatic carbocycles. The Kier molecular flexibility index (Phi) is 5.36. The van der Waals surface area contributed by atoms with Crippen molar-refractivity contribution in [2.24, 2.45) is 7.05 Å². The van der Waals surface area contributed by atoms with Crippen LogP contribution < -0.4 is 10.0 Å². The first-order chi connectivity index (χ1) is 12.8. The lowest BCUT2D eigenvalue weighted by Crippen LogP contribution is -2.38. The Balaban J connectivity index is 1.93. The molecule has 1 aliphatic rings.